The number of aryl methyl sites for hydroxylation is 1. The molecule has 0 fully saturated rings. The van der Waals surface area contributed by atoms with Crippen molar-refractivity contribution in [2.45, 2.75) is 26.8 Å². The molecule has 2 rings (SSSR count). The minimum atomic E-state index is 0.542. The molecule has 1 atom stereocenters. The molecule has 0 N–H and O–H groups in total. The Morgan fingerprint density at radius 1 is 1.33 bits per heavy atom. The summed E-state index contributed by atoms with van der Waals surface area (Å²) in [5.41, 5.74) is 4.11. The molecule has 1 aromatic rings. The zero-order chi connectivity index (χ0) is 8.72. The van der Waals surface area contributed by atoms with Gasteiger partial charge in [-0.2, -0.15) is 4.57 Å². The Hall–Kier alpha value is -1.11. The van der Waals surface area contributed by atoms with Crippen molar-refractivity contribution >= 4 is 6.08 Å². The number of hydrogen-bond acceptors (Lipinski definition) is 0. The largest absolute Gasteiger partial charge is 0.206 e. The highest BCUT2D eigenvalue weighted by Crippen LogP contribution is 2.20. The molecule has 0 spiro atoms. The van der Waals surface area contributed by atoms with Gasteiger partial charge in [0.05, 0.1) is 0 Å². The second-order valence-electron chi connectivity index (χ2n) is 3.60. The fourth-order valence-corrected chi connectivity index (χ4v) is 1.68. The van der Waals surface area contributed by atoms with E-state index in [0.29, 0.717) is 6.04 Å². The highest BCUT2D eigenvalue weighted by molar-refractivity contribution is 5.49. The van der Waals surface area contributed by atoms with Crippen molar-refractivity contribution in [2.24, 2.45) is 0 Å². The molecular formula is C11H14N+. The number of nitrogens with zero attached hydrogens (tertiary/aromatic N) is 1. The summed E-state index contributed by atoms with van der Waals surface area (Å²) >= 11 is 0. The van der Waals surface area contributed by atoms with Gasteiger partial charge in [0.25, 0.3) is 0 Å². The maximum Gasteiger partial charge on any atom is 0.206 e. The van der Waals surface area contributed by atoms with Gasteiger partial charge in [0.1, 0.15) is 0 Å². The highest BCUT2D eigenvalue weighted by atomic mass is 15.0. The predicted octanol–water partition coefficient (Wildman–Crippen LogP) is 2.26. The van der Waals surface area contributed by atoms with Crippen molar-refractivity contribution in [3.05, 3.63) is 35.2 Å². The first kappa shape index (κ1) is 7.53. The Morgan fingerprint density at radius 3 is 2.83 bits per heavy atom. The number of hydrogen-bond donors (Lipinski definition) is 0. The van der Waals surface area contributed by atoms with E-state index in [1.54, 1.807) is 0 Å². The Labute approximate surface area is 73.4 Å². The number of rotatable bonds is 0. The van der Waals surface area contributed by atoms with Crippen LogP contribution in [0.15, 0.2) is 23.9 Å². The minimum Gasteiger partial charge on any atom is -0.192 e. The van der Waals surface area contributed by atoms with Crippen molar-refractivity contribution in [2.75, 3.05) is 0 Å². The lowest BCUT2D eigenvalue weighted by atomic mass is 10.2. The van der Waals surface area contributed by atoms with Gasteiger partial charge >= 0.3 is 0 Å². The van der Waals surface area contributed by atoms with E-state index in [2.05, 4.69) is 49.7 Å². The fraction of sp³-hybridized carbons (Fsp3) is 0.364. The van der Waals surface area contributed by atoms with Crippen molar-refractivity contribution in [1.29, 1.82) is 0 Å². The molecule has 62 valence electrons. The molecule has 2 heterocycles. The molecule has 0 bridgehead atoms. The summed E-state index contributed by atoms with van der Waals surface area (Å²) in [6.45, 7) is 6.55. The quantitative estimate of drug-likeness (QED) is 0.512. The summed E-state index contributed by atoms with van der Waals surface area (Å²) in [4.78, 5) is 0. The van der Waals surface area contributed by atoms with Crippen molar-refractivity contribution in [3.8, 4) is 0 Å². The number of aromatic nitrogens is 1. The maximum atomic E-state index is 2.31. The third kappa shape index (κ3) is 0.970. The van der Waals surface area contributed by atoms with Crippen LogP contribution in [0, 0.1) is 6.92 Å². The molecule has 0 amide bonds. The topological polar surface area (TPSA) is 3.88 Å². The highest BCUT2D eigenvalue weighted by Gasteiger charge is 2.24. The van der Waals surface area contributed by atoms with Crippen LogP contribution in [0.5, 0.6) is 0 Å². The van der Waals surface area contributed by atoms with E-state index in [9.17, 15) is 0 Å². The molecule has 1 heteroatoms. The van der Waals surface area contributed by atoms with E-state index in [-0.39, 0.29) is 0 Å². The first-order chi connectivity index (χ1) is 5.68. The van der Waals surface area contributed by atoms with Crippen LogP contribution >= 0.6 is 0 Å². The van der Waals surface area contributed by atoms with Gasteiger partial charge < -0.3 is 0 Å². The van der Waals surface area contributed by atoms with Gasteiger partial charge in [0, 0.05) is 30.7 Å². The van der Waals surface area contributed by atoms with Gasteiger partial charge in [-0.05, 0) is 19.4 Å². The van der Waals surface area contributed by atoms with E-state index in [0.717, 1.165) is 0 Å². The maximum absolute atomic E-state index is 2.31. The zero-order valence-electron chi connectivity index (χ0n) is 7.83. The van der Waals surface area contributed by atoms with E-state index >= 15 is 0 Å². The first-order valence-electron chi connectivity index (χ1n) is 4.38. The molecular weight excluding hydrogens is 146 g/mol. The Kier molecular flexibility index (Phi) is 1.53. The summed E-state index contributed by atoms with van der Waals surface area (Å²) < 4.78 is 2.31. The van der Waals surface area contributed by atoms with Crippen LogP contribution in [0.4, 0.5) is 0 Å². The van der Waals surface area contributed by atoms with Crippen LogP contribution in [0.25, 0.3) is 6.08 Å². The van der Waals surface area contributed by atoms with Gasteiger partial charge in [0.2, 0.25) is 5.69 Å². The average Bonchev–Trinajstić information content (AvgIpc) is 2.28. The van der Waals surface area contributed by atoms with Crippen molar-refractivity contribution < 1.29 is 4.57 Å². The second-order valence-corrected chi connectivity index (χ2v) is 3.60. The third-order valence-corrected chi connectivity index (χ3v) is 2.62. The molecule has 1 nitrogen and oxygen atoms in total. The van der Waals surface area contributed by atoms with E-state index in [1.165, 1.54) is 16.8 Å². The van der Waals surface area contributed by atoms with Crippen molar-refractivity contribution in [1.82, 2.24) is 0 Å². The van der Waals surface area contributed by atoms with Gasteiger partial charge in [-0.25, -0.2) is 0 Å². The molecule has 0 saturated carbocycles. The molecule has 1 aromatic heterocycles. The van der Waals surface area contributed by atoms with Crippen LogP contribution < -0.4 is 4.57 Å². The Balaban J connectivity index is 2.57. The monoisotopic (exact) mass is 160 g/mol. The molecule has 0 aromatic carbocycles. The van der Waals surface area contributed by atoms with Crippen LogP contribution in [0.3, 0.4) is 0 Å². The second kappa shape index (κ2) is 2.44. The van der Waals surface area contributed by atoms with Gasteiger partial charge in [-0.1, -0.05) is 0 Å². The number of fused-ring (bicyclic) bond motifs is 1. The summed E-state index contributed by atoms with van der Waals surface area (Å²) in [6, 6.07) is 4.93. The minimum absolute atomic E-state index is 0.542. The van der Waals surface area contributed by atoms with Crippen LogP contribution in [-0.4, -0.2) is 0 Å². The summed E-state index contributed by atoms with van der Waals surface area (Å²) in [5.74, 6) is 0. The van der Waals surface area contributed by atoms with E-state index < -0.39 is 0 Å². The normalized spacial score (nSPS) is 20.6. The van der Waals surface area contributed by atoms with Gasteiger partial charge in [0.15, 0.2) is 12.2 Å². The SMILES string of the molecule is CC1=Cc2cc(C)cc[n+]2C1C. The molecule has 1 unspecified atom stereocenters. The number of allylic oxidation sites excluding steroid dienone is 1. The predicted molar refractivity (Wildman–Crippen MR) is 49.7 cm³/mol. The lowest BCUT2D eigenvalue weighted by molar-refractivity contribution is -0.708. The van der Waals surface area contributed by atoms with Crippen LogP contribution in [0.2, 0.25) is 0 Å². The van der Waals surface area contributed by atoms with Gasteiger partial charge in [-0.15, -0.1) is 0 Å². The first-order valence-corrected chi connectivity index (χ1v) is 4.38. The summed E-state index contributed by atoms with van der Waals surface area (Å²) in [5, 5.41) is 0. The molecule has 0 radical (unpaired) electrons. The standard InChI is InChI=1S/C11H14N/c1-8-4-5-12-10(3)9(2)7-11(12)6-8/h4-7,10H,1-3H3/q+1. The Bertz CT molecular complexity index is 350. The lowest BCUT2D eigenvalue weighted by Crippen LogP contribution is -2.37. The van der Waals surface area contributed by atoms with Crippen LogP contribution in [-0.2, 0) is 0 Å². The molecule has 0 saturated heterocycles. The van der Waals surface area contributed by atoms with E-state index in [1.807, 2.05) is 0 Å². The summed E-state index contributed by atoms with van der Waals surface area (Å²) in [6.07, 6.45) is 4.43. The van der Waals surface area contributed by atoms with Crippen molar-refractivity contribution in [3.63, 3.8) is 0 Å². The zero-order valence-corrected chi connectivity index (χ0v) is 7.83. The smallest absolute Gasteiger partial charge is 0.192 e. The molecule has 1 aliphatic heterocycles. The Morgan fingerprint density at radius 2 is 2.08 bits per heavy atom. The molecule has 12 heavy (non-hydrogen) atoms. The third-order valence-electron chi connectivity index (χ3n) is 2.62. The fourth-order valence-electron chi connectivity index (χ4n) is 1.68. The lowest BCUT2D eigenvalue weighted by Gasteiger charge is -2.01. The van der Waals surface area contributed by atoms with E-state index in [4.69, 9.17) is 0 Å². The average molecular weight is 160 g/mol. The molecule has 0 aliphatic carbocycles. The summed E-state index contributed by atoms with van der Waals surface area (Å²) in [7, 11) is 0. The molecule has 1 aliphatic rings. The van der Waals surface area contributed by atoms with Gasteiger partial charge in [-0.3, -0.25) is 0 Å². The number of pyridine rings is 1. The van der Waals surface area contributed by atoms with Crippen LogP contribution in [0.1, 0.15) is 31.1 Å².